The van der Waals surface area contributed by atoms with Crippen molar-refractivity contribution >= 4 is 5.91 Å². The number of rotatable bonds is 3. The highest BCUT2D eigenvalue weighted by Gasteiger charge is 2.31. The average molecular weight is 209 g/mol. The Kier molecular flexibility index (Phi) is 3.10. The normalized spacial score (nSPS) is 31.0. The minimum Gasteiger partial charge on any atom is -0.373 e. The van der Waals surface area contributed by atoms with Crippen molar-refractivity contribution in [3.05, 3.63) is 12.2 Å². The van der Waals surface area contributed by atoms with E-state index in [4.69, 9.17) is 4.74 Å². The first kappa shape index (κ1) is 10.7. The van der Waals surface area contributed by atoms with Crippen LogP contribution in [0.3, 0.4) is 0 Å². The van der Waals surface area contributed by atoms with Gasteiger partial charge in [0.05, 0.1) is 5.60 Å². The fourth-order valence-corrected chi connectivity index (χ4v) is 2.23. The van der Waals surface area contributed by atoms with E-state index in [1.54, 1.807) is 0 Å². The van der Waals surface area contributed by atoms with E-state index >= 15 is 0 Å². The number of carbonyl (C=O) groups is 1. The Hall–Kier alpha value is -0.830. The second kappa shape index (κ2) is 4.35. The highest BCUT2D eigenvalue weighted by atomic mass is 16.5. The number of allylic oxidation sites excluding steroid dienone is 2. The van der Waals surface area contributed by atoms with Crippen LogP contribution in [-0.2, 0) is 9.53 Å². The number of nitrogens with one attached hydrogen (secondary N) is 1. The second-order valence-corrected chi connectivity index (χ2v) is 4.76. The Bertz CT molecular complexity index is 259. The van der Waals surface area contributed by atoms with Gasteiger partial charge in [-0.3, -0.25) is 4.79 Å². The Morgan fingerprint density at radius 3 is 2.87 bits per heavy atom. The maximum absolute atomic E-state index is 11.7. The largest absolute Gasteiger partial charge is 0.373 e. The summed E-state index contributed by atoms with van der Waals surface area (Å²) < 4.78 is 5.62. The van der Waals surface area contributed by atoms with Crippen molar-refractivity contribution in [3.8, 4) is 0 Å². The topological polar surface area (TPSA) is 38.3 Å². The first-order chi connectivity index (χ1) is 7.20. The number of ether oxygens (including phenoxy) is 1. The predicted molar refractivity (Wildman–Crippen MR) is 58.5 cm³/mol. The van der Waals surface area contributed by atoms with Crippen LogP contribution >= 0.6 is 0 Å². The Morgan fingerprint density at radius 2 is 2.27 bits per heavy atom. The molecule has 3 nitrogen and oxygen atoms in total. The molecule has 1 aliphatic heterocycles. The molecule has 1 amide bonds. The quantitative estimate of drug-likeness (QED) is 0.718. The summed E-state index contributed by atoms with van der Waals surface area (Å²) in [5.74, 6) is 0.340. The van der Waals surface area contributed by atoms with Gasteiger partial charge in [-0.25, -0.2) is 0 Å². The molecule has 1 N–H and O–H groups in total. The molecule has 15 heavy (non-hydrogen) atoms. The van der Waals surface area contributed by atoms with Crippen molar-refractivity contribution in [1.29, 1.82) is 0 Å². The van der Waals surface area contributed by atoms with Gasteiger partial charge in [-0.2, -0.15) is 0 Å². The predicted octanol–water partition coefficient (Wildman–Crippen LogP) is 1.64. The van der Waals surface area contributed by atoms with Crippen molar-refractivity contribution in [2.45, 2.75) is 38.2 Å². The average Bonchev–Trinajstić information content (AvgIpc) is 2.85. The van der Waals surface area contributed by atoms with Gasteiger partial charge >= 0.3 is 0 Å². The van der Waals surface area contributed by atoms with Crippen LogP contribution in [0.15, 0.2) is 12.2 Å². The summed E-state index contributed by atoms with van der Waals surface area (Å²) >= 11 is 0. The molecule has 0 spiro atoms. The van der Waals surface area contributed by atoms with E-state index in [-0.39, 0.29) is 17.4 Å². The van der Waals surface area contributed by atoms with Crippen LogP contribution in [0.4, 0.5) is 0 Å². The fourth-order valence-electron chi connectivity index (χ4n) is 2.23. The number of carbonyl (C=O) groups excluding carboxylic acids is 1. The molecule has 1 aliphatic carbocycles. The zero-order valence-electron chi connectivity index (χ0n) is 9.29. The molecule has 1 heterocycles. The van der Waals surface area contributed by atoms with Crippen LogP contribution in [0.1, 0.15) is 32.6 Å². The zero-order chi connectivity index (χ0) is 10.7. The molecule has 3 heteroatoms. The monoisotopic (exact) mass is 209 g/mol. The molecular weight excluding hydrogens is 190 g/mol. The summed E-state index contributed by atoms with van der Waals surface area (Å²) in [6, 6.07) is 0. The third-order valence-electron chi connectivity index (χ3n) is 3.32. The standard InChI is InChI=1S/C12H19NO2/c1-12(7-4-8-15-12)9-13-11(14)10-5-2-3-6-10/h2-3,10H,4-9H2,1H3,(H,13,14)/t12-/m0/s1. The van der Waals surface area contributed by atoms with Crippen molar-refractivity contribution in [3.63, 3.8) is 0 Å². The van der Waals surface area contributed by atoms with Crippen LogP contribution in [-0.4, -0.2) is 24.7 Å². The summed E-state index contributed by atoms with van der Waals surface area (Å²) in [5, 5.41) is 3.00. The Balaban J connectivity index is 1.75. The molecule has 1 saturated heterocycles. The molecular formula is C12H19NO2. The number of hydrogen-bond donors (Lipinski definition) is 1. The molecule has 0 bridgehead atoms. The molecule has 0 aromatic carbocycles. The summed E-state index contributed by atoms with van der Waals surface area (Å²) in [4.78, 5) is 11.7. The van der Waals surface area contributed by atoms with E-state index in [9.17, 15) is 4.79 Å². The lowest BCUT2D eigenvalue weighted by atomic mass is 10.0. The van der Waals surface area contributed by atoms with Gasteiger partial charge in [0.2, 0.25) is 5.91 Å². The van der Waals surface area contributed by atoms with Gasteiger partial charge in [-0.1, -0.05) is 12.2 Å². The fraction of sp³-hybridized carbons (Fsp3) is 0.750. The van der Waals surface area contributed by atoms with Crippen LogP contribution in [0, 0.1) is 5.92 Å². The molecule has 84 valence electrons. The van der Waals surface area contributed by atoms with E-state index < -0.39 is 0 Å². The molecule has 0 aromatic rings. The van der Waals surface area contributed by atoms with Crippen molar-refractivity contribution < 1.29 is 9.53 Å². The molecule has 0 radical (unpaired) electrons. The highest BCUT2D eigenvalue weighted by Crippen LogP contribution is 2.24. The summed E-state index contributed by atoms with van der Waals surface area (Å²) in [5.41, 5.74) is -0.123. The maximum Gasteiger partial charge on any atom is 0.223 e. The molecule has 0 aromatic heterocycles. The maximum atomic E-state index is 11.7. The van der Waals surface area contributed by atoms with Crippen LogP contribution in [0.5, 0.6) is 0 Å². The summed E-state index contributed by atoms with van der Waals surface area (Å²) in [7, 11) is 0. The minimum atomic E-state index is -0.123. The second-order valence-electron chi connectivity index (χ2n) is 4.76. The van der Waals surface area contributed by atoms with Crippen molar-refractivity contribution in [1.82, 2.24) is 5.32 Å². The van der Waals surface area contributed by atoms with Crippen LogP contribution in [0.2, 0.25) is 0 Å². The first-order valence-corrected chi connectivity index (χ1v) is 5.76. The third kappa shape index (κ3) is 2.59. The lowest BCUT2D eigenvalue weighted by Gasteiger charge is -2.24. The molecule has 1 fully saturated rings. The van der Waals surface area contributed by atoms with Gasteiger partial charge in [-0.15, -0.1) is 0 Å². The lowest BCUT2D eigenvalue weighted by Crippen LogP contribution is -2.42. The van der Waals surface area contributed by atoms with E-state index in [2.05, 4.69) is 24.4 Å². The van der Waals surface area contributed by atoms with Gasteiger partial charge in [0, 0.05) is 19.1 Å². The van der Waals surface area contributed by atoms with Gasteiger partial charge in [-0.05, 0) is 32.6 Å². The molecule has 0 unspecified atom stereocenters. The van der Waals surface area contributed by atoms with Crippen molar-refractivity contribution in [2.24, 2.45) is 5.92 Å². The minimum absolute atomic E-state index is 0.123. The van der Waals surface area contributed by atoms with Crippen molar-refractivity contribution in [2.75, 3.05) is 13.2 Å². The Labute approximate surface area is 90.9 Å². The summed E-state index contributed by atoms with van der Waals surface area (Å²) in [6.07, 6.45) is 8.11. The molecule has 1 atom stereocenters. The highest BCUT2D eigenvalue weighted by molar-refractivity contribution is 5.79. The van der Waals surface area contributed by atoms with Crippen LogP contribution < -0.4 is 5.32 Å². The number of amides is 1. The number of hydrogen-bond acceptors (Lipinski definition) is 2. The van der Waals surface area contributed by atoms with Gasteiger partial charge < -0.3 is 10.1 Å². The third-order valence-corrected chi connectivity index (χ3v) is 3.32. The molecule has 2 aliphatic rings. The van der Waals surface area contributed by atoms with Gasteiger partial charge in [0.25, 0.3) is 0 Å². The molecule has 0 saturated carbocycles. The first-order valence-electron chi connectivity index (χ1n) is 5.76. The lowest BCUT2D eigenvalue weighted by molar-refractivity contribution is -0.125. The SMILES string of the molecule is C[C@@]1(CNC(=O)C2CC=CC2)CCCO1. The van der Waals surface area contributed by atoms with Gasteiger partial charge in [0.1, 0.15) is 0 Å². The smallest absolute Gasteiger partial charge is 0.223 e. The van der Waals surface area contributed by atoms with E-state index in [0.29, 0.717) is 6.54 Å². The Morgan fingerprint density at radius 1 is 1.53 bits per heavy atom. The van der Waals surface area contributed by atoms with E-state index in [1.807, 2.05) is 0 Å². The summed E-state index contributed by atoms with van der Waals surface area (Å²) in [6.45, 7) is 3.56. The molecule has 2 rings (SSSR count). The van der Waals surface area contributed by atoms with E-state index in [1.165, 1.54) is 0 Å². The van der Waals surface area contributed by atoms with Crippen LogP contribution in [0.25, 0.3) is 0 Å². The van der Waals surface area contributed by atoms with E-state index in [0.717, 1.165) is 32.3 Å². The zero-order valence-corrected chi connectivity index (χ0v) is 9.29. The van der Waals surface area contributed by atoms with Gasteiger partial charge in [0.15, 0.2) is 0 Å².